The first-order valence-electron chi connectivity index (χ1n) is 8.43. The summed E-state index contributed by atoms with van der Waals surface area (Å²) in [4.78, 5) is 2.79. The fourth-order valence-electron chi connectivity index (χ4n) is 3.71. The van der Waals surface area contributed by atoms with Crippen molar-refractivity contribution in [3.8, 4) is 0 Å². The first-order valence-corrected chi connectivity index (χ1v) is 8.43. The molecule has 2 fully saturated rings. The SMILES string of the molecule is CC1CCCC(N2CCC(CNC(C)(C)C)CC2)C1. The Kier molecular flexibility index (Phi) is 5.30. The van der Waals surface area contributed by atoms with Gasteiger partial charge in [0.05, 0.1) is 0 Å². The number of hydrogen-bond donors (Lipinski definition) is 1. The lowest BCUT2D eigenvalue weighted by atomic mass is 9.84. The van der Waals surface area contributed by atoms with Gasteiger partial charge >= 0.3 is 0 Å². The van der Waals surface area contributed by atoms with Gasteiger partial charge in [0, 0.05) is 11.6 Å². The van der Waals surface area contributed by atoms with Crippen LogP contribution < -0.4 is 5.32 Å². The van der Waals surface area contributed by atoms with E-state index in [-0.39, 0.29) is 5.54 Å². The quantitative estimate of drug-likeness (QED) is 0.838. The normalized spacial score (nSPS) is 31.6. The Hall–Kier alpha value is -0.0800. The molecule has 0 amide bonds. The van der Waals surface area contributed by atoms with Gasteiger partial charge in [-0.25, -0.2) is 0 Å². The van der Waals surface area contributed by atoms with E-state index in [1.807, 2.05) is 0 Å². The van der Waals surface area contributed by atoms with Gasteiger partial charge < -0.3 is 10.2 Å². The Morgan fingerprint density at radius 3 is 2.32 bits per heavy atom. The summed E-state index contributed by atoms with van der Waals surface area (Å²) < 4.78 is 0. The van der Waals surface area contributed by atoms with E-state index in [2.05, 4.69) is 37.9 Å². The average molecular weight is 266 g/mol. The van der Waals surface area contributed by atoms with E-state index in [4.69, 9.17) is 0 Å². The van der Waals surface area contributed by atoms with Gasteiger partial charge in [0.25, 0.3) is 0 Å². The van der Waals surface area contributed by atoms with Crippen LogP contribution in [0.2, 0.25) is 0 Å². The Morgan fingerprint density at radius 1 is 1.05 bits per heavy atom. The Morgan fingerprint density at radius 2 is 1.74 bits per heavy atom. The molecule has 1 N–H and O–H groups in total. The van der Waals surface area contributed by atoms with E-state index in [0.717, 1.165) is 17.9 Å². The molecule has 1 aliphatic carbocycles. The number of hydrogen-bond acceptors (Lipinski definition) is 2. The number of nitrogens with zero attached hydrogens (tertiary/aromatic N) is 1. The Labute approximate surface area is 120 Å². The largest absolute Gasteiger partial charge is 0.312 e. The molecule has 0 spiro atoms. The lowest BCUT2D eigenvalue weighted by Crippen LogP contribution is -2.46. The maximum Gasteiger partial charge on any atom is 0.00977 e. The molecular formula is C17H34N2. The lowest BCUT2D eigenvalue weighted by Gasteiger charge is -2.41. The van der Waals surface area contributed by atoms with Crippen LogP contribution in [0.15, 0.2) is 0 Å². The van der Waals surface area contributed by atoms with Crippen molar-refractivity contribution in [1.29, 1.82) is 0 Å². The molecule has 2 nitrogen and oxygen atoms in total. The van der Waals surface area contributed by atoms with Crippen LogP contribution in [0.4, 0.5) is 0 Å². The summed E-state index contributed by atoms with van der Waals surface area (Å²) in [6.45, 7) is 13.1. The molecule has 2 rings (SSSR count). The molecule has 19 heavy (non-hydrogen) atoms. The number of likely N-dealkylation sites (tertiary alicyclic amines) is 1. The minimum Gasteiger partial charge on any atom is -0.312 e. The summed E-state index contributed by atoms with van der Waals surface area (Å²) in [6.07, 6.45) is 8.61. The smallest absolute Gasteiger partial charge is 0.00977 e. The molecule has 0 aromatic heterocycles. The van der Waals surface area contributed by atoms with E-state index in [1.165, 1.54) is 58.2 Å². The second-order valence-electron chi connectivity index (χ2n) is 8.04. The predicted molar refractivity (Wildman–Crippen MR) is 83.5 cm³/mol. The zero-order valence-electron chi connectivity index (χ0n) is 13.5. The first-order chi connectivity index (χ1) is 8.94. The van der Waals surface area contributed by atoms with Crippen LogP contribution in [0, 0.1) is 11.8 Å². The molecule has 112 valence electrons. The van der Waals surface area contributed by atoms with E-state index < -0.39 is 0 Å². The minimum absolute atomic E-state index is 0.274. The zero-order valence-corrected chi connectivity index (χ0v) is 13.5. The van der Waals surface area contributed by atoms with Crippen LogP contribution in [0.3, 0.4) is 0 Å². The van der Waals surface area contributed by atoms with E-state index in [9.17, 15) is 0 Å². The molecule has 1 heterocycles. The van der Waals surface area contributed by atoms with Crippen molar-refractivity contribution >= 4 is 0 Å². The maximum atomic E-state index is 3.67. The lowest BCUT2D eigenvalue weighted by molar-refractivity contribution is 0.0908. The molecule has 0 aromatic carbocycles. The van der Waals surface area contributed by atoms with Gasteiger partial charge in [0.15, 0.2) is 0 Å². The highest BCUT2D eigenvalue weighted by Crippen LogP contribution is 2.30. The van der Waals surface area contributed by atoms with Crippen LogP contribution in [-0.4, -0.2) is 36.1 Å². The molecule has 1 aliphatic heterocycles. The fraction of sp³-hybridized carbons (Fsp3) is 1.00. The standard InChI is InChI=1S/C17H34N2/c1-14-6-5-7-16(12-14)19-10-8-15(9-11-19)13-18-17(2,3)4/h14-16,18H,5-13H2,1-4H3. The van der Waals surface area contributed by atoms with Crippen molar-refractivity contribution in [2.24, 2.45) is 11.8 Å². The molecule has 0 radical (unpaired) electrons. The molecule has 2 atom stereocenters. The van der Waals surface area contributed by atoms with E-state index in [0.29, 0.717) is 0 Å². The van der Waals surface area contributed by atoms with Crippen molar-refractivity contribution in [3.05, 3.63) is 0 Å². The molecule has 2 aliphatic rings. The second kappa shape index (κ2) is 6.58. The zero-order chi connectivity index (χ0) is 13.9. The van der Waals surface area contributed by atoms with Crippen LogP contribution in [-0.2, 0) is 0 Å². The predicted octanol–water partition coefficient (Wildman–Crippen LogP) is 3.67. The third-order valence-electron chi connectivity index (χ3n) is 5.00. The van der Waals surface area contributed by atoms with Gasteiger partial charge in [-0.2, -0.15) is 0 Å². The van der Waals surface area contributed by atoms with Crippen LogP contribution in [0.5, 0.6) is 0 Å². The first kappa shape index (κ1) is 15.3. The number of rotatable bonds is 3. The maximum absolute atomic E-state index is 3.67. The van der Waals surface area contributed by atoms with E-state index in [1.54, 1.807) is 0 Å². The topological polar surface area (TPSA) is 15.3 Å². The molecule has 2 heteroatoms. The molecule has 0 aromatic rings. The summed E-state index contributed by atoms with van der Waals surface area (Å²) in [5, 5.41) is 3.67. The molecule has 0 bridgehead atoms. The van der Waals surface area contributed by atoms with Crippen molar-refractivity contribution in [1.82, 2.24) is 10.2 Å². The monoisotopic (exact) mass is 266 g/mol. The van der Waals surface area contributed by atoms with Crippen molar-refractivity contribution in [2.75, 3.05) is 19.6 Å². The third-order valence-corrected chi connectivity index (χ3v) is 5.00. The number of nitrogens with one attached hydrogen (secondary N) is 1. The average Bonchev–Trinajstić information content (AvgIpc) is 2.36. The van der Waals surface area contributed by atoms with E-state index >= 15 is 0 Å². The Bertz CT molecular complexity index is 261. The van der Waals surface area contributed by atoms with Gasteiger partial charge in [-0.1, -0.05) is 19.8 Å². The highest BCUT2D eigenvalue weighted by atomic mass is 15.2. The van der Waals surface area contributed by atoms with Crippen molar-refractivity contribution in [2.45, 2.75) is 77.8 Å². The van der Waals surface area contributed by atoms with Crippen LogP contribution in [0.25, 0.3) is 0 Å². The van der Waals surface area contributed by atoms with Crippen molar-refractivity contribution < 1.29 is 0 Å². The summed E-state index contributed by atoms with van der Waals surface area (Å²) in [5.41, 5.74) is 0.274. The molecular weight excluding hydrogens is 232 g/mol. The van der Waals surface area contributed by atoms with Gasteiger partial charge in [-0.05, 0) is 77.9 Å². The molecule has 1 saturated heterocycles. The van der Waals surface area contributed by atoms with Gasteiger partial charge in [0.2, 0.25) is 0 Å². The van der Waals surface area contributed by atoms with Crippen LogP contribution >= 0.6 is 0 Å². The van der Waals surface area contributed by atoms with Gasteiger partial charge in [-0.3, -0.25) is 0 Å². The Balaban J connectivity index is 1.70. The fourth-order valence-corrected chi connectivity index (χ4v) is 3.71. The molecule has 1 saturated carbocycles. The van der Waals surface area contributed by atoms with Crippen LogP contribution in [0.1, 0.15) is 66.2 Å². The third kappa shape index (κ3) is 5.07. The minimum atomic E-state index is 0.274. The summed E-state index contributed by atoms with van der Waals surface area (Å²) in [7, 11) is 0. The van der Waals surface area contributed by atoms with Gasteiger partial charge in [0.1, 0.15) is 0 Å². The van der Waals surface area contributed by atoms with Crippen molar-refractivity contribution in [3.63, 3.8) is 0 Å². The second-order valence-corrected chi connectivity index (χ2v) is 8.04. The molecule has 2 unspecified atom stereocenters. The summed E-state index contributed by atoms with van der Waals surface area (Å²) in [6, 6.07) is 0.903. The highest BCUT2D eigenvalue weighted by molar-refractivity contribution is 4.84. The number of piperidine rings is 1. The summed E-state index contributed by atoms with van der Waals surface area (Å²) in [5.74, 6) is 1.86. The highest BCUT2D eigenvalue weighted by Gasteiger charge is 2.28. The summed E-state index contributed by atoms with van der Waals surface area (Å²) >= 11 is 0. The van der Waals surface area contributed by atoms with Gasteiger partial charge in [-0.15, -0.1) is 0 Å².